The van der Waals surface area contributed by atoms with Crippen LogP contribution in [0.5, 0.6) is 0 Å². The van der Waals surface area contributed by atoms with Crippen molar-refractivity contribution in [1.29, 1.82) is 0 Å². The lowest BCUT2D eigenvalue weighted by atomic mass is 9.96. The number of carbonyl (C=O) groups is 1. The molecule has 0 spiro atoms. The fourth-order valence-electron chi connectivity index (χ4n) is 1.96. The first-order valence-corrected chi connectivity index (χ1v) is 12.3. The lowest BCUT2D eigenvalue weighted by Crippen LogP contribution is -2.46. The van der Waals surface area contributed by atoms with Crippen LogP contribution in [0.3, 0.4) is 0 Å². The Balaban J connectivity index is 5.22. The number of methoxy groups -OCH3 is 1. The van der Waals surface area contributed by atoms with Gasteiger partial charge in [-0.2, -0.15) is 0 Å². The molecule has 0 aliphatic carbocycles. The minimum Gasteiger partial charge on any atom is -0.463 e. The summed E-state index contributed by atoms with van der Waals surface area (Å²) in [5.74, 6) is -0.793. The Labute approximate surface area is 166 Å². The van der Waals surface area contributed by atoms with Gasteiger partial charge in [0.2, 0.25) is 0 Å². The van der Waals surface area contributed by atoms with Crippen LogP contribution in [0, 0.1) is 11.3 Å². The zero-order valence-electron chi connectivity index (χ0n) is 18.6. The number of aliphatic hydroxyl groups is 1. The van der Waals surface area contributed by atoms with E-state index in [0.29, 0.717) is 0 Å². The van der Waals surface area contributed by atoms with Crippen molar-refractivity contribution in [1.82, 2.24) is 0 Å². The summed E-state index contributed by atoms with van der Waals surface area (Å²) >= 11 is 0. The van der Waals surface area contributed by atoms with Crippen molar-refractivity contribution >= 4 is 14.3 Å². The molecule has 0 aromatic heterocycles. The predicted molar refractivity (Wildman–Crippen MR) is 110 cm³/mol. The number of esters is 1. The van der Waals surface area contributed by atoms with Crippen molar-refractivity contribution in [2.24, 2.45) is 11.3 Å². The highest BCUT2D eigenvalue weighted by Gasteiger charge is 2.39. The molecule has 7 heteroatoms. The predicted octanol–water partition coefficient (Wildman–Crippen LogP) is 3.75. The first kappa shape index (κ1) is 26.3. The summed E-state index contributed by atoms with van der Waals surface area (Å²) in [5.41, 5.74) is -0.628. The summed E-state index contributed by atoms with van der Waals surface area (Å²) in [5, 5.41) is 10.8. The molecule has 160 valence electrons. The maximum absolute atomic E-state index is 12.0. The number of rotatable bonds is 11. The third-order valence-corrected chi connectivity index (χ3v) is 9.47. The Hall–Kier alpha value is -0.733. The van der Waals surface area contributed by atoms with Crippen LogP contribution in [0.1, 0.15) is 41.5 Å². The van der Waals surface area contributed by atoms with Crippen molar-refractivity contribution in [3.63, 3.8) is 0 Å². The molecule has 6 nitrogen and oxygen atoms in total. The van der Waals surface area contributed by atoms with Gasteiger partial charge in [-0.25, -0.2) is 0 Å². The van der Waals surface area contributed by atoms with E-state index in [1.165, 1.54) is 7.11 Å². The average Bonchev–Trinajstić information content (AvgIpc) is 2.53. The Kier molecular flexibility index (Phi) is 10.4. The van der Waals surface area contributed by atoms with E-state index in [0.717, 1.165) is 0 Å². The van der Waals surface area contributed by atoms with Crippen molar-refractivity contribution in [2.45, 2.75) is 71.9 Å². The monoisotopic (exact) mass is 404 g/mol. The third-order valence-electron chi connectivity index (χ3n) is 4.97. The molecular weight excluding hydrogens is 364 g/mol. The van der Waals surface area contributed by atoms with Crippen molar-refractivity contribution in [2.75, 3.05) is 27.1 Å². The summed E-state index contributed by atoms with van der Waals surface area (Å²) in [6, 6.07) is 0. The summed E-state index contributed by atoms with van der Waals surface area (Å²) in [7, 11) is -0.487. The van der Waals surface area contributed by atoms with Crippen LogP contribution < -0.4 is 0 Å². The number of hydrogen-bond acceptors (Lipinski definition) is 6. The minimum absolute atomic E-state index is 0.0399. The van der Waals surface area contributed by atoms with Crippen molar-refractivity contribution in [3.05, 3.63) is 12.7 Å². The summed E-state index contributed by atoms with van der Waals surface area (Å²) in [4.78, 5) is 12.0. The highest BCUT2D eigenvalue weighted by molar-refractivity contribution is 6.74. The van der Waals surface area contributed by atoms with Crippen LogP contribution >= 0.6 is 0 Å². The van der Waals surface area contributed by atoms with Crippen LogP contribution in [-0.2, 0) is 23.4 Å². The van der Waals surface area contributed by atoms with Crippen LogP contribution in [0.4, 0.5) is 0 Å². The quantitative estimate of drug-likeness (QED) is 0.245. The van der Waals surface area contributed by atoms with E-state index in [9.17, 15) is 9.90 Å². The summed E-state index contributed by atoms with van der Waals surface area (Å²) in [6.07, 6.45) is 0.187. The van der Waals surface area contributed by atoms with Crippen molar-refractivity contribution < 1.29 is 28.5 Å². The second-order valence-corrected chi connectivity index (χ2v) is 14.2. The lowest BCUT2D eigenvalue weighted by molar-refractivity contribution is -0.160. The molecule has 0 amide bonds. The van der Waals surface area contributed by atoms with Gasteiger partial charge in [-0.05, 0) is 38.9 Å². The zero-order valence-corrected chi connectivity index (χ0v) is 19.6. The van der Waals surface area contributed by atoms with Gasteiger partial charge in [-0.15, -0.1) is 6.58 Å². The van der Waals surface area contributed by atoms with Gasteiger partial charge >= 0.3 is 5.97 Å². The molecule has 27 heavy (non-hydrogen) atoms. The second kappa shape index (κ2) is 10.7. The molecule has 0 aromatic rings. The number of aliphatic hydroxyl groups excluding tert-OH is 1. The molecule has 0 saturated heterocycles. The molecule has 0 rings (SSSR count). The van der Waals surface area contributed by atoms with Crippen LogP contribution in [0.15, 0.2) is 12.7 Å². The van der Waals surface area contributed by atoms with Gasteiger partial charge in [-0.3, -0.25) is 4.79 Å². The maximum atomic E-state index is 12.0. The first-order valence-electron chi connectivity index (χ1n) is 9.39. The van der Waals surface area contributed by atoms with Gasteiger partial charge in [0.05, 0.1) is 17.6 Å². The van der Waals surface area contributed by atoms with E-state index in [1.54, 1.807) is 26.8 Å². The molecule has 0 aliphatic heterocycles. The standard InChI is InChI=1S/C20H40O6Si/c1-11-17(25-14-23-8)15(12-26-27(9,10)20(5,6)7)16(21)13-24-18(22)19(2,3)4/h11,15-17,21H,1,12-14H2,2-10H3/t15-,16+,17+/m0/s1. The van der Waals surface area contributed by atoms with Gasteiger partial charge in [0.15, 0.2) is 8.32 Å². The van der Waals surface area contributed by atoms with Gasteiger partial charge in [0.1, 0.15) is 13.4 Å². The van der Waals surface area contributed by atoms with Crippen molar-refractivity contribution in [3.8, 4) is 0 Å². The van der Waals surface area contributed by atoms with Crippen LogP contribution in [0.2, 0.25) is 18.1 Å². The fraction of sp³-hybridized carbons (Fsp3) is 0.850. The number of hydrogen-bond donors (Lipinski definition) is 1. The summed E-state index contributed by atoms with van der Waals surface area (Å²) < 4.78 is 22.2. The van der Waals surface area contributed by atoms with Crippen LogP contribution in [0.25, 0.3) is 0 Å². The highest BCUT2D eigenvalue weighted by Crippen LogP contribution is 2.37. The Morgan fingerprint density at radius 3 is 2.11 bits per heavy atom. The topological polar surface area (TPSA) is 74.2 Å². The first-order chi connectivity index (χ1) is 12.2. The molecule has 0 bridgehead atoms. The maximum Gasteiger partial charge on any atom is 0.311 e. The molecular formula is C20H40O6Si. The minimum atomic E-state index is -2.02. The number of ether oxygens (including phenoxy) is 3. The average molecular weight is 405 g/mol. The molecule has 0 heterocycles. The van der Waals surface area contributed by atoms with Gasteiger partial charge in [-0.1, -0.05) is 26.8 Å². The number of carbonyl (C=O) groups excluding carboxylic acids is 1. The molecule has 0 radical (unpaired) electrons. The van der Waals surface area contributed by atoms with E-state index in [4.69, 9.17) is 18.6 Å². The van der Waals surface area contributed by atoms with Gasteiger partial charge in [0.25, 0.3) is 0 Å². The Morgan fingerprint density at radius 1 is 1.15 bits per heavy atom. The smallest absolute Gasteiger partial charge is 0.311 e. The normalized spacial score (nSPS) is 16.5. The lowest BCUT2D eigenvalue weighted by Gasteiger charge is -2.39. The van der Waals surface area contributed by atoms with E-state index in [-0.39, 0.29) is 31.0 Å². The van der Waals surface area contributed by atoms with Crippen LogP contribution in [-0.4, -0.2) is 58.7 Å². The van der Waals surface area contributed by atoms with E-state index < -0.39 is 31.9 Å². The van der Waals surface area contributed by atoms with Gasteiger partial charge in [0, 0.05) is 19.6 Å². The molecule has 0 fully saturated rings. The zero-order chi connectivity index (χ0) is 21.5. The molecule has 3 atom stereocenters. The highest BCUT2D eigenvalue weighted by atomic mass is 28.4. The van der Waals surface area contributed by atoms with Gasteiger partial charge < -0.3 is 23.7 Å². The Morgan fingerprint density at radius 2 is 1.70 bits per heavy atom. The SMILES string of the molecule is C=C[C@@H](OCOC)[C@@H](CO[Si](C)(C)C(C)(C)C)[C@H](O)COC(=O)C(C)(C)C. The largest absolute Gasteiger partial charge is 0.463 e. The summed E-state index contributed by atoms with van der Waals surface area (Å²) in [6.45, 7) is 20.1. The Bertz CT molecular complexity index is 464. The molecule has 0 aromatic carbocycles. The third kappa shape index (κ3) is 8.87. The van der Waals surface area contributed by atoms with E-state index in [2.05, 4.69) is 40.4 Å². The van der Waals surface area contributed by atoms with E-state index in [1.807, 2.05) is 0 Å². The van der Waals surface area contributed by atoms with E-state index >= 15 is 0 Å². The molecule has 0 aliphatic rings. The molecule has 0 saturated carbocycles. The molecule has 0 unspecified atom stereocenters. The second-order valence-electron chi connectivity index (χ2n) is 9.42. The molecule has 1 N–H and O–H groups in total. The fourth-order valence-corrected chi connectivity index (χ4v) is 3.00.